The average molecular weight is 248 g/mol. The van der Waals surface area contributed by atoms with E-state index < -0.39 is 0 Å². The smallest absolute Gasteiger partial charge is 0.107 e. The monoisotopic (exact) mass is 248 g/mol. The molecule has 0 spiro atoms. The molecule has 0 aliphatic carbocycles. The molecule has 0 aromatic carbocycles. The zero-order valence-corrected chi connectivity index (χ0v) is 11.3. The predicted molar refractivity (Wildman–Crippen MR) is 72.8 cm³/mol. The van der Waals surface area contributed by atoms with Gasteiger partial charge in [0.25, 0.3) is 0 Å². The fourth-order valence-electron chi connectivity index (χ4n) is 3.21. The number of nitrogens with zero attached hydrogens (tertiary/aromatic N) is 2. The van der Waals surface area contributed by atoms with Crippen LogP contribution in [0, 0.1) is 0 Å². The Hall–Kier alpha value is -0.870. The Labute approximate surface area is 109 Å². The molecule has 0 radical (unpaired) electrons. The third-order valence-corrected chi connectivity index (χ3v) is 4.33. The molecule has 100 valence electrons. The first-order chi connectivity index (χ1) is 8.81. The summed E-state index contributed by atoms with van der Waals surface area (Å²) in [6, 6.07) is 0.629. The number of hydrogen-bond acceptors (Lipinski definition) is 3. The van der Waals surface area contributed by atoms with Crippen molar-refractivity contribution < 1.29 is 0 Å². The number of rotatable bonds is 3. The second-order valence-corrected chi connectivity index (χ2v) is 5.88. The van der Waals surface area contributed by atoms with Crippen molar-refractivity contribution in [2.45, 2.75) is 44.1 Å². The molecule has 2 saturated heterocycles. The average Bonchev–Trinajstić information content (AvgIpc) is 2.99. The minimum Gasteiger partial charge on any atom is -0.346 e. The maximum absolute atomic E-state index is 4.57. The molecule has 2 aliphatic rings. The van der Waals surface area contributed by atoms with Crippen molar-refractivity contribution in [1.82, 2.24) is 20.2 Å². The van der Waals surface area contributed by atoms with Gasteiger partial charge in [-0.15, -0.1) is 0 Å². The van der Waals surface area contributed by atoms with E-state index in [9.17, 15) is 0 Å². The lowest BCUT2D eigenvalue weighted by Crippen LogP contribution is -2.35. The molecular weight excluding hydrogens is 224 g/mol. The summed E-state index contributed by atoms with van der Waals surface area (Å²) < 4.78 is 0. The van der Waals surface area contributed by atoms with E-state index in [2.05, 4.69) is 33.4 Å². The topological polar surface area (TPSA) is 44.0 Å². The van der Waals surface area contributed by atoms with Crippen molar-refractivity contribution in [3.63, 3.8) is 0 Å². The van der Waals surface area contributed by atoms with Crippen LogP contribution >= 0.6 is 0 Å². The van der Waals surface area contributed by atoms with Crippen LogP contribution < -0.4 is 5.32 Å². The molecule has 1 aromatic rings. The molecule has 4 nitrogen and oxygen atoms in total. The number of likely N-dealkylation sites (N-methyl/N-ethyl adjacent to an activating group) is 1. The summed E-state index contributed by atoms with van der Waals surface area (Å²) in [6.45, 7) is 3.55. The summed E-state index contributed by atoms with van der Waals surface area (Å²) in [5.41, 5.74) is 1.34. The first-order valence-electron chi connectivity index (χ1n) is 7.27. The summed E-state index contributed by atoms with van der Waals surface area (Å²) in [5.74, 6) is 1.83. The Bertz CT molecular complexity index is 381. The molecule has 0 saturated carbocycles. The number of nitrogens with one attached hydrogen (secondary N) is 2. The van der Waals surface area contributed by atoms with E-state index in [0.717, 1.165) is 6.42 Å². The van der Waals surface area contributed by atoms with Crippen LogP contribution in [0.15, 0.2) is 6.20 Å². The van der Waals surface area contributed by atoms with Crippen molar-refractivity contribution >= 4 is 0 Å². The molecule has 0 bridgehead atoms. The normalized spacial score (nSPS) is 29.8. The number of likely N-dealkylation sites (tertiary alicyclic amines) is 1. The van der Waals surface area contributed by atoms with E-state index in [1.54, 1.807) is 0 Å². The van der Waals surface area contributed by atoms with E-state index in [1.165, 1.54) is 56.8 Å². The van der Waals surface area contributed by atoms with Crippen molar-refractivity contribution in [3.8, 4) is 0 Å². The van der Waals surface area contributed by atoms with Gasteiger partial charge in [-0.05, 0) is 39.4 Å². The number of piperidine rings is 1. The third kappa shape index (κ3) is 2.75. The van der Waals surface area contributed by atoms with Crippen LogP contribution in [0.5, 0.6) is 0 Å². The second kappa shape index (κ2) is 5.41. The van der Waals surface area contributed by atoms with Gasteiger partial charge in [0.1, 0.15) is 5.82 Å². The molecule has 0 amide bonds. The Morgan fingerprint density at radius 3 is 3.06 bits per heavy atom. The second-order valence-electron chi connectivity index (χ2n) is 5.88. The Morgan fingerprint density at radius 2 is 2.33 bits per heavy atom. The number of hydrogen-bond donors (Lipinski definition) is 2. The molecule has 2 atom stereocenters. The lowest BCUT2D eigenvalue weighted by atomic mass is 10.0. The van der Waals surface area contributed by atoms with Crippen LogP contribution in [0.2, 0.25) is 0 Å². The number of H-pyrrole nitrogens is 1. The zero-order valence-electron chi connectivity index (χ0n) is 11.3. The molecule has 2 aliphatic heterocycles. The van der Waals surface area contributed by atoms with E-state index in [0.29, 0.717) is 12.0 Å². The summed E-state index contributed by atoms with van der Waals surface area (Å²) in [5, 5.41) is 3.59. The highest BCUT2D eigenvalue weighted by molar-refractivity contribution is 5.11. The van der Waals surface area contributed by atoms with Gasteiger partial charge in [0, 0.05) is 36.8 Å². The van der Waals surface area contributed by atoms with E-state index in [4.69, 9.17) is 0 Å². The maximum atomic E-state index is 4.57. The largest absolute Gasteiger partial charge is 0.346 e. The number of aromatic amines is 1. The number of imidazole rings is 1. The first kappa shape index (κ1) is 12.2. The zero-order chi connectivity index (χ0) is 12.4. The lowest BCUT2D eigenvalue weighted by Gasteiger charge is -2.22. The molecule has 4 heteroatoms. The van der Waals surface area contributed by atoms with Crippen LogP contribution in [0.1, 0.15) is 43.1 Å². The van der Waals surface area contributed by atoms with Crippen LogP contribution in [-0.2, 0) is 6.42 Å². The van der Waals surface area contributed by atoms with Gasteiger partial charge >= 0.3 is 0 Å². The Balaban J connectivity index is 1.59. The highest BCUT2D eigenvalue weighted by atomic mass is 15.1. The molecule has 3 rings (SSSR count). The summed E-state index contributed by atoms with van der Waals surface area (Å²) in [4.78, 5) is 10.5. The predicted octanol–water partition coefficient (Wildman–Crippen LogP) is 1.51. The SMILES string of the molecule is CN1CCC(c2cnc(CC3CCCCN3)[nH]2)C1. The third-order valence-electron chi connectivity index (χ3n) is 4.33. The molecule has 3 heterocycles. The van der Waals surface area contributed by atoms with E-state index in [1.807, 2.05) is 0 Å². The van der Waals surface area contributed by atoms with Crippen molar-refractivity contribution in [3.05, 3.63) is 17.7 Å². The summed E-state index contributed by atoms with van der Waals surface area (Å²) in [7, 11) is 2.20. The van der Waals surface area contributed by atoms with E-state index >= 15 is 0 Å². The van der Waals surface area contributed by atoms with Crippen LogP contribution in [0.3, 0.4) is 0 Å². The van der Waals surface area contributed by atoms with Gasteiger partial charge in [0.2, 0.25) is 0 Å². The molecular formula is C14H24N4. The van der Waals surface area contributed by atoms with Crippen molar-refractivity contribution in [2.75, 3.05) is 26.7 Å². The summed E-state index contributed by atoms with van der Waals surface area (Å²) >= 11 is 0. The standard InChI is InChI=1S/C14H24N4/c1-18-7-5-11(10-18)13-9-16-14(17-13)8-12-4-2-3-6-15-12/h9,11-12,15H,2-8,10H2,1H3,(H,16,17). The van der Waals surface area contributed by atoms with Gasteiger partial charge < -0.3 is 15.2 Å². The highest BCUT2D eigenvalue weighted by Gasteiger charge is 2.23. The van der Waals surface area contributed by atoms with E-state index in [-0.39, 0.29) is 0 Å². The maximum Gasteiger partial charge on any atom is 0.107 e. The van der Waals surface area contributed by atoms with Crippen LogP contribution in [-0.4, -0.2) is 47.6 Å². The minimum absolute atomic E-state index is 0.629. The van der Waals surface area contributed by atoms with Gasteiger partial charge in [0.05, 0.1) is 0 Å². The quantitative estimate of drug-likeness (QED) is 0.852. The molecule has 2 N–H and O–H groups in total. The Morgan fingerprint density at radius 1 is 1.39 bits per heavy atom. The van der Waals surface area contributed by atoms with Crippen LogP contribution in [0.4, 0.5) is 0 Å². The van der Waals surface area contributed by atoms with Gasteiger partial charge in [-0.2, -0.15) is 0 Å². The fourth-order valence-corrected chi connectivity index (χ4v) is 3.21. The van der Waals surface area contributed by atoms with Crippen LogP contribution in [0.25, 0.3) is 0 Å². The Kier molecular flexibility index (Phi) is 3.66. The minimum atomic E-state index is 0.629. The molecule has 1 aromatic heterocycles. The molecule has 2 fully saturated rings. The molecule has 18 heavy (non-hydrogen) atoms. The fraction of sp³-hybridized carbons (Fsp3) is 0.786. The van der Waals surface area contributed by atoms with Crippen molar-refractivity contribution in [2.24, 2.45) is 0 Å². The van der Waals surface area contributed by atoms with Gasteiger partial charge in [-0.25, -0.2) is 4.98 Å². The number of aromatic nitrogens is 2. The van der Waals surface area contributed by atoms with Crippen molar-refractivity contribution in [1.29, 1.82) is 0 Å². The summed E-state index contributed by atoms with van der Waals surface area (Å²) in [6.07, 6.45) is 8.36. The van der Waals surface area contributed by atoms with Gasteiger partial charge in [-0.1, -0.05) is 6.42 Å². The molecule has 2 unspecified atom stereocenters. The highest BCUT2D eigenvalue weighted by Crippen LogP contribution is 2.25. The first-order valence-corrected chi connectivity index (χ1v) is 7.27. The lowest BCUT2D eigenvalue weighted by molar-refractivity contribution is 0.394. The van der Waals surface area contributed by atoms with Gasteiger partial charge in [0.15, 0.2) is 0 Å². The van der Waals surface area contributed by atoms with Gasteiger partial charge in [-0.3, -0.25) is 0 Å².